The molecule has 86 valence electrons. The average Bonchev–Trinajstić information content (AvgIpc) is 2.12. The predicted molar refractivity (Wildman–Crippen MR) is 61.2 cm³/mol. The predicted octanol–water partition coefficient (Wildman–Crippen LogP) is 1.97. The third kappa shape index (κ3) is 6.62. The first kappa shape index (κ1) is 14.2. The summed E-state index contributed by atoms with van der Waals surface area (Å²) >= 11 is 5.61. The van der Waals surface area contributed by atoms with Crippen LogP contribution in [0.5, 0.6) is 0 Å². The zero-order chi connectivity index (χ0) is 11.0. The van der Waals surface area contributed by atoms with Crippen LogP contribution in [-0.4, -0.2) is 26.6 Å². The Morgan fingerprint density at radius 1 is 1.36 bits per heavy atom. The lowest BCUT2D eigenvalue weighted by molar-refractivity contribution is 0.481. The summed E-state index contributed by atoms with van der Waals surface area (Å²) < 4.78 is 25.2. The van der Waals surface area contributed by atoms with Gasteiger partial charge in [-0.3, -0.25) is 0 Å². The van der Waals surface area contributed by atoms with Crippen molar-refractivity contribution in [1.82, 2.24) is 4.72 Å². The van der Waals surface area contributed by atoms with Crippen LogP contribution in [0.25, 0.3) is 0 Å². The average molecular weight is 242 g/mol. The standard InChI is InChI=1S/C9H20ClNO2S/c1-3-7-14(12,13)11-8-9(4-2)5-6-10/h9,11H,3-8H2,1-2H3. The molecule has 0 heterocycles. The number of hydrogen-bond acceptors (Lipinski definition) is 2. The minimum absolute atomic E-state index is 0.213. The van der Waals surface area contributed by atoms with Crippen LogP contribution in [0, 0.1) is 5.92 Å². The van der Waals surface area contributed by atoms with E-state index < -0.39 is 10.0 Å². The Morgan fingerprint density at radius 2 is 2.00 bits per heavy atom. The van der Waals surface area contributed by atoms with Gasteiger partial charge in [0.05, 0.1) is 5.75 Å². The Hall–Kier alpha value is 0.200. The van der Waals surface area contributed by atoms with Gasteiger partial charge in [0.25, 0.3) is 0 Å². The molecule has 1 unspecified atom stereocenters. The molecule has 0 rings (SSSR count). The van der Waals surface area contributed by atoms with Crippen LogP contribution in [0.2, 0.25) is 0 Å². The molecular weight excluding hydrogens is 222 g/mol. The zero-order valence-electron chi connectivity index (χ0n) is 8.92. The summed E-state index contributed by atoms with van der Waals surface area (Å²) in [5, 5.41) is 0. The Bertz CT molecular complexity index is 229. The SMILES string of the molecule is CCCS(=O)(=O)NCC(CC)CCCl. The third-order valence-corrected chi connectivity index (χ3v) is 3.93. The van der Waals surface area contributed by atoms with Crippen LogP contribution in [0.4, 0.5) is 0 Å². The quantitative estimate of drug-likeness (QED) is 0.661. The van der Waals surface area contributed by atoms with Gasteiger partial charge < -0.3 is 0 Å². The molecule has 0 aliphatic heterocycles. The highest BCUT2D eigenvalue weighted by Crippen LogP contribution is 2.08. The van der Waals surface area contributed by atoms with Crippen molar-refractivity contribution in [2.75, 3.05) is 18.2 Å². The monoisotopic (exact) mass is 241 g/mol. The minimum atomic E-state index is -3.05. The number of halogens is 1. The second kappa shape index (κ2) is 7.49. The summed E-state index contributed by atoms with van der Waals surface area (Å²) in [6.07, 6.45) is 2.48. The normalized spacial score (nSPS) is 14.2. The summed E-state index contributed by atoms with van der Waals surface area (Å²) in [6.45, 7) is 4.42. The smallest absolute Gasteiger partial charge is 0.211 e. The summed E-state index contributed by atoms with van der Waals surface area (Å²) in [6, 6.07) is 0. The van der Waals surface area contributed by atoms with Gasteiger partial charge in [-0.25, -0.2) is 13.1 Å². The molecular formula is C9H20ClNO2S. The van der Waals surface area contributed by atoms with E-state index in [9.17, 15) is 8.42 Å². The molecule has 1 N–H and O–H groups in total. The summed E-state index contributed by atoms with van der Waals surface area (Å²) in [5.74, 6) is 1.16. The molecule has 5 heteroatoms. The van der Waals surface area contributed by atoms with Crippen molar-refractivity contribution in [2.45, 2.75) is 33.1 Å². The maximum atomic E-state index is 11.3. The summed E-state index contributed by atoms with van der Waals surface area (Å²) in [4.78, 5) is 0. The van der Waals surface area contributed by atoms with E-state index in [2.05, 4.69) is 4.72 Å². The van der Waals surface area contributed by atoms with Gasteiger partial charge in [-0.2, -0.15) is 0 Å². The van der Waals surface area contributed by atoms with Crippen LogP contribution in [0.3, 0.4) is 0 Å². The van der Waals surface area contributed by atoms with Gasteiger partial charge in [-0.15, -0.1) is 11.6 Å². The van der Waals surface area contributed by atoms with Crippen LogP contribution < -0.4 is 4.72 Å². The maximum Gasteiger partial charge on any atom is 0.211 e. The van der Waals surface area contributed by atoms with Gasteiger partial charge >= 0.3 is 0 Å². The van der Waals surface area contributed by atoms with E-state index >= 15 is 0 Å². The third-order valence-electron chi connectivity index (χ3n) is 2.16. The number of rotatable bonds is 8. The number of hydrogen-bond donors (Lipinski definition) is 1. The zero-order valence-corrected chi connectivity index (χ0v) is 10.5. The van der Waals surface area contributed by atoms with E-state index in [4.69, 9.17) is 11.6 Å². The molecule has 0 aliphatic carbocycles. The lowest BCUT2D eigenvalue weighted by Crippen LogP contribution is -2.31. The van der Waals surface area contributed by atoms with E-state index in [1.54, 1.807) is 0 Å². The van der Waals surface area contributed by atoms with Crippen LogP contribution in [0.1, 0.15) is 33.1 Å². The molecule has 0 bridgehead atoms. The van der Waals surface area contributed by atoms with Gasteiger partial charge in [0.15, 0.2) is 0 Å². The van der Waals surface area contributed by atoms with Crippen LogP contribution in [0.15, 0.2) is 0 Å². The van der Waals surface area contributed by atoms with Gasteiger partial charge in [-0.1, -0.05) is 20.3 Å². The van der Waals surface area contributed by atoms with Gasteiger partial charge in [-0.05, 0) is 18.8 Å². The molecule has 0 fully saturated rings. The van der Waals surface area contributed by atoms with E-state index in [1.807, 2.05) is 13.8 Å². The van der Waals surface area contributed by atoms with Crippen LogP contribution >= 0.6 is 11.6 Å². The second-order valence-electron chi connectivity index (χ2n) is 3.42. The van der Waals surface area contributed by atoms with Crippen molar-refractivity contribution >= 4 is 21.6 Å². The van der Waals surface area contributed by atoms with E-state index in [-0.39, 0.29) is 5.75 Å². The maximum absolute atomic E-state index is 11.3. The van der Waals surface area contributed by atoms with Crippen molar-refractivity contribution in [3.8, 4) is 0 Å². The van der Waals surface area contributed by atoms with Crippen LogP contribution in [-0.2, 0) is 10.0 Å². The van der Waals surface area contributed by atoms with Crippen molar-refractivity contribution in [3.63, 3.8) is 0 Å². The first-order chi connectivity index (χ1) is 6.55. The Morgan fingerprint density at radius 3 is 2.43 bits per heavy atom. The Balaban J connectivity index is 3.89. The van der Waals surface area contributed by atoms with Crippen molar-refractivity contribution in [1.29, 1.82) is 0 Å². The molecule has 0 aromatic carbocycles. The van der Waals surface area contributed by atoms with Crippen molar-refractivity contribution in [2.24, 2.45) is 5.92 Å². The highest BCUT2D eigenvalue weighted by molar-refractivity contribution is 7.89. The first-order valence-electron chi connectivity index (χ1n) is 5.09. The van der Waals surface area contributed by atoms with Gasteiger partial charge in [0, 0.05) is 12.4 Å². The highest BCUT2D eigenvalue weighted by Gasteiger charge is 2.11. The van der Waals surface area contributed by atoms with Gasteiger partial charge in [0.1, 0.15) is 0 Å². The van der Waals surface area contributed by atoms with Gasteiger partial charge in [0.2, 0.25) is 10.0 Å². The molecule has 0 saturated heterocycles. The Kier molecular flexibility index (Phi) is 7.59. The molecule has 0 spiro atoms. The molecule has 0 aromatic rings. The fourth-order valence-electron chi connectivity index (χ4n) is 1.19. The van der Waals surface area contributed by atoms with Crippen molar-refractivity contribution in [3.05, 3.63) is 0 Å². The molecule has 0 amide bonds. The fourth-order valence-corrected chi connectivity index (χ4v) is 2.67. The highest BCUT2D eigenvalue weighted by atomic mass is 35.5. The molecule has 0 aromatic heterocycles. The van der Waals surface area contributed by atoms with E-state index in [1.165, 1.54) is 0 Å². The molecule has 0 aliphatic rings. The number of sulfonamides is 1. The molecule has 3 nitrogen and oxygen atoms in total. The molecule has 14 heavy (non-hydrogen) atoms. The minimum Gasteiger partial charge on any atom is -0.215 e. The van der Waals surface area contributed by atoms with E-state index in [0.29, 0.717) is 24.8 Å². The molecule has 0 saturated carbocycles. The molecule has 1 atom stereocenters. The lowest BCUT2D eigenvalue weighted by Gasteiger charge is -2.13. The largest absolute Gasteiger partial charge is 0.215 e. The number of nitrogens with one attached hydrogen (secondary N) is 1. The summed E-state index contributed by atoms with van der Waals surface area (Å²) in [7, 11) is -3.05. The topological polar surface area (TPSA) is 46.2 Å². The first-order valence-corrected chi connectivity index (χ1v) is 7.27. The molecule has 0 radical (unpaired) electrons. The lowest BCUT2D eigenvalue weighted by atomic mass is 10.0. The Labute approximate surface area is 92.3 Å². The second-order valence-corrected chi connectivity index (χ2v) is 5.72. The summed E-state index contributed by atoms with van der Waals surface area (Å²) in [5.41, 5.74) is 0. The number of alkyl halides is 1. The fraction of sp³-hybridized carbons (Fsp3) is 1.00. The van der Waals surface area contributed by atoms with Crippen molar-refractivity contribution < 1.29 is 8.42 Å². The van der Waals surface area contributed by atoms with E-state index in [0.717, 1.165) is 12.8 Å².